The lowest BCUT2D eigenvalue weighted by molar-refractivity contribution is -0.121. The Labute approximate surface area is 179 Å². The Morgan fingerprint density at radius 1 is 1.14 bits per heavy atom. The van der Waals surface area contributed by atoms with Gasteiger partial charge in [0.1, 0.15) is 11.6 Å². The number of aryl methyl sites for hydroxylation is 3. The molecule has 1 heterocycles. The standard InChI is InChI=1S/C23H33NO4S/c1-10-29-24-21(25)19(18-15(5)11-14(4)12-16(18)6)20(23(24,8)9)28-22(26)27-17(7)13(2)3/h11-13,17H,10H2,1-9H3. The summed E-state index contributed by atoms with van der Waals surface area (Å²) in [5.74, 6) is 1.11. The fourth-order valence-corrected chi connectivity index (χ4v) is 4.44. The van der Waals surface area contributed by atoms with Gasteiger partial charge in [-0.25, -0.2) is 4.79 Å². The van der Waals surface area contributed by atoms with Crippen molar-refractivity contribution in [2.24, 2.45) is 5.92 Å². The molecule has 1 aromatic rings. The van der Waals surface area contributed by atoms with Crippen molar-refractivity contribution in [2.75, 3.05) is 5.75 Å². The number of nitrogens with zero attached hydrogens (tertiary/aromatic N) is 1. The number of ether oxygens (including phenoxy) is 2. The Hall–Kier alpha value is -1.95. The van der Waals surface area contributed by atoms with E-state index in [0.717, 1.165) is 28.0 Å². The van der Waals surface area contributed by atoms with Gasteiger partial charge >= 0.3 is 6.16 Å². The SMILES string of the molecule is CCSN1C(=O)C(c2c(C)cc(C)cc2C)=C(OC(=O)OC(C)C(C)C)C1(C)C. The Bertz CT molecular complexity index is 818. The first-order valence-electron chi connectivity index (χ1n) is 10.1. The molecule has 0 saturated carbocycles. The summed E-state index contributed by atoms with van der Waals surface area (Å²) in [6, 6.07) is 4.09. The van der Waals surface area contributed by atoms with E-state index >= 15 is 0 Å². The minimum Gasteiger partial charge on any atom is -0.431 e. The lowest BCUT2D eigenvalue weighted by atomic mass is 9.91. The fourth-order valence-electron chi connectivity index (χ4n) is 3.57. The zero-order chi connectivity index (χ0) is 22.1. The molecule has 0 aliphatic carbocycles. The molecule has 6 heteroatoms. The highest BCUT2D eigenvalue weighted by atomic mass is 32.2. The zero-order valence-electron chi connectivity index (χ0n) is 19.0. The summed E-state index contributed by atoms with van der Waals surface area (Å²) in [7, 11) is 0. The first kappa shape index (κ1) is 23.3. The predicted molar refractivity (Wildman–Crippen MR) is 118 cm³/mol. The maximum absolute atomic E-state index is 13.4. The third-order valence-corrected chi connectivity index (χ3v) is 6.42. The third kappa shape index (κ3) is 4.63. The molecule has 29 heavy (non-hydrogen) atoms. The van der Waals surface area contributed by atoms with Crippen LogP contribution >= 0.6 is 11.9 Å². The van der Waals surface area contributed by atoms with Gasteiger partial charge in [-0.1, -0.05) is 38.5 Å². The summed E-state index contributed by atoms with van der Waals surface area (Å²) in [5.41, 5.74) is 3.58. The molecular weight excluding hydrogens is 386 g/mol. The molecule has 1 aliphatic heterocycles. The van der Waals surface area contributed by atoms with Crippen LogP contribution in [0.5, 0.6) is 0 Å². The highest BCUT2D eigenvalue weighted by Crippen LogP contribution is 2.45. The van der Waals surface area contributed by atoms with Crippen LogP contribution in [-0.2, 0) is 14.3 Å². The molecule has 0 aromatic heterocycles. The van der Waals surface area contributed by atoms with Gasteiger partial charge in [0.05, 0.1) is 5.57 Å². The molecule has 0 N–H and O–H groups in total. The normalized spacial score (nSPS) is 17.2. The van der Waals surface area contributed by atoms with Gasteiger partial charge in [0, 0.05) is 5.75 Å². The van der Waals surface area contributed by atoms with Crippen LogP contribution in [0.25, 0.3) is 5.57 Å². The van der Waals surface area contributed by atoms with Gasteiger partial charge in [0.25, 0.3) is 5.91 Å². The summed E-state index contributed by atoms with van der Waals surface area (Å²) >= 11 is 1.43. The van der Waals surface area contributed by atoms with Crippen molar-refractivity contribution in [3.05, 3.63) is 40.1 Å². The topological polar surface area (TPSA) is 55.8 Å². The van der Waals surface area contributed by atoms with Crippen molar-refractivity contribution in [3.8, 4) is 0 Å². The van der Waals surface area contributed by atoms with Gasteiger partial charge < -0.3 is 9.47 Å². The minimum atomic E-state index is -0.781. The van der Waals surface area contributed by atoms with Gasteiger partial charge in [-0.15, -0.1) is 0 Å². The highest BCUT2D eigenvalue weighted by Gasteiger charge is 2.49. The van der Waals surface area contributed by atoms with Crippen molar-refractivity contribution < 1.29 is 19.1 Å². The lowest BCUT2D eigenvalue weighted by Gasteiger charge is -2.31. The van der Waals surface area contributed by atoms with Crippen molar-refractivity contribution in [1.82, 2.24) is 4.31 Å². The Morgan fingerprint density at radius 3 is 2.17 bits per heavy atom. The van der Waals surface area contributed by atoms with Crippen LogP contribution in [0.2, 0.25) is 0 Å². The molecule has 1 unspecified atom stereocenters. The Morgan fingerprint density at radius 2 is 1.69 bits per heavy atom. The van der Waals surface area contributed by atoms with Gasteiger partial charge in [0.15, 0.2) is 5.76 Å². The first-order valence-corrected chi connectivity index (χ1v) is 11.0. The second-order valence-corrected chi connectivity index (χ2v) is 9.67. The lowest BCUT2D eigenvalue weighted by Crippen LogP contribution is -2.40. The van der Waals surface area contributed by atoms with Crippen molar-refractivity contribution in [1.29, 1.82) is 0 Å². The molecule has 1 atom stereocenters. The second kappa shape index (κ2) is 8.82. The molecule has 1 aliphatic rings. The molecule has 0 fully saturated rings. The van der Waals surface area contributed by atoms with Crippen molar-refractivity contribution >= 4 is 29.6 Å². The van der Waals surface area contributed by atoms with Crippen LogP contribution in [0.1, 0.15) is 63.8 Å². The largest absolute Gasteiger partial charge is 0.513 e. The number of hydrogen-bond donors (Lipinski definition) is 0. The van der Waals surface area contributed by atoms with Crippen LogP contribution in [0.15, 0.2) is 17.9 Å². The van der Waals surface area contributed by atoms with E-state index in [1.165, 1.54) is 11.9 Å². The quantitative estimate of drug-likeness (QED) is 0.430. The van der Waals surface area contributed by atoms with E-state index in [1.54, 1.807) is 4.31 Å². The number of carbonyl (C=O) groups is 2. The summed E-state index contributed by atoms with van der Waals surface area (Å²) in [4.78, 5) is 26.0. The molecule has 1 aromatic carbocycles. The summed E-state index contributed by atoms with van der Waals surface area (Å²) in [6.45, 7) is 17.6. The third-order valence-electron chi connectivity index (χ3n) is 5.28. The van der Waals surface area contributed by atoms with E-state index in [4.69, 9.17) is 9.47 Å². The van der Waals surface area contributed by atoms with Gasteiger partial charge in [-0.2, -0.15) is 0 Å². The molecule has 0 saturated heterocycles. The summed E-state index contributed by atoms with van der Waals surface area (Å²) < 4.78 is 12.9. The van der Waals surface area contributed by atoms with Gasteiger partial charge in [0.2, 0.25) is 0 Å². The van der Waals surface area contributed by atoms with E-state index in [2.05, 4.69) is 0 Å². The zero-order valence-corrected chi connectivity index (χ0v) is 19.8. The van der Waals surface area contributed by atoms with Crippen LogP contribution in [0, 0.1) is 26.7 Å². The van der Waals surface area contributed by atoms with E-state index in [9.17, 15) is 9.59 Å². The number of carbonyl (C=O) groups excluding carboxylic acids is 2. The summed E-state index contributed by atoms with van der Waals surface area (Å²) in [5, 5.41) is 0. The molecular formula is C23H33NO4S. The maximum atomic E-state index is 13.4. The van der Waals surface area contributed by atoms with Crippen LogP contribution in [-0.4, -0.2) is 33.8 Å². The minimum absolute atomic E-state index is 0.142. The highest BCUT2D eigenvalue weighted by molar-refractivity contribution is 7.97. The monoisotopic (exact) mass is 419 g/mol. The number of rotatable bonds is 6. The van der Waals surface area contributed by atoms with Crippen molar-refractivity contribution in [2.45, 2.75) is 74.0 Å². The van der Waals surface area contributed by atoms with E-state index in [0.29, 0.717) is 11.3 Å². The molecule has 1 amide bonds. The molecule has 0 spiro atoms. The number of amides is 1. The molecule has 2 rings (SSSR count). The molecule has 5 nitrogen and oxygen atoms in total. The van der Waals surface area contributed by atoms with Crippen LogP contribution < -0.4 is 0 Å². The average molecular weight is 420 g/mol. The number of benzene rings is 1. The molecule has 0 bridgehead atoms. The Kier molecular flexibility index (Phi) is 7.10. The second-order valence-electron chi connectivity index (χ2n) is 8.47. The maximum Gasteiger partial charge on any atom is 0.513 e. The fraction of sp³-hybridized carbons (Fsp3) is 0.565. The van der Waals surface area contributed by atoms with Crippen LogP contribution in [0.4, 0.5) is 4.79 Å². The predicted octanol–water partition coefficient (Wildman–Crippen LogP) is 5.81. The van der Waals surface area contributed by atoms with Gasteiger partial charge in [-0.3, -0.25) is 9.10 Å². The Balaban J connectivity index is 2.60. The smallest absolute Gasteiger partial charge is 0.431 e. The number of hydrogen-bond acceptors (Lipinski definition) is 5. The average Bonchev–Trinajstić information content (AvgIpc) is 2.76. The van der Waals surface area contributed by atoms with E-state index in [-0.39, 0.29) is 17.9 Å². The summed E-state index contributed by atoms with van der Waals surface area (Å²) in [6.07, 6.45) is -1.05. The van der Waals surface area contributed by atoms with E-state index in [1.807, 2.05) is 74.4 Å². The van der Waals surface area contributed by atoms with Gasteiger partial charge in [-0.05, 0) is 76.1 Å². The molecule has 160 valence electrons. The van der Waals surface area contributed by atoms with Crippen LogP contribution in [0.3, 0.4) is 0 Å². The van der Waals surface area contributed by atoms with E-state index < -0.39 is 11.7 Å². The van der Waals surface area contributed by atoms with Crippen molar-refractivity contribution in [3.63, 3.8) is 0 Å². The molecule has 0 radical (unpaired) electrons. The first-order chi connectivity index (χ1) is 13.4.